The van der Waals surface area contributed by atoms with E-state index in [4.69, 9.17) is 16.3 Å². The summed E-state index contributed by atoms with van der Waals surface area (Å²) in [6.45, 7) is 1.25. The first-order chi connectivity index (χ1) is 10.7. The fourth-order valence-electron chi connectivity index (χ4n) is 2.41. The van der Waals surface area contributed by atoms with Crippen LogP contribution in [0, 0.1) is 0 Å². The Kier molecular flexibility index (Phi) is 4.48. The monoisotopic (exact) mass is 318 g/mol. The summed E-state index contributed by atoms with van der Waals surface area (Å²) >= 11 is 5.75. The van der Waals surface area contributed by atoms with Gasteiger partial charge in [0.15, 0.2) is 0 Å². The van der Waals surface area contributed by atoms with Crippen LogP contribution in [-0.2, 0) is 0 Å². The molecule has 6 nitrogen and oxygen atoms in total. The number of carbonyl (C=O) groups excluding carboxylic acids is 1. The summed E-state index contributed by atoms with van der Waals surface area (Å²) in [6.07, 6.45) is 7.86. The zero-order valence-electron chi connectivity index (χ0n) is 11.9. The lowest BCUT2D eigenvalue weighted by Gasteiger charge is -2.32. The molecule has 0 aliphatic carbocycles. The molecular weight excluding hydrogens is 304 g/mol. The molecule has 2 aromatic rings. The molecule has 0 saturated carbocycles. The molecule has 0 aromatic carbocycles. The van der Waals surface area contributed by atoms with Gasteiger partial charge < -0.3 is 9.64 Å². The number of nitrogens with zero attached hydrogens (tertiary/aromatic N) is 4. The van der Waals surface area contributed by atoms with Crippen molar-refractivity contribution in [1.29, 1.82) is 0 Å². The number of hydrogen-bond acceptors (Lipinski definition) is 5. The minimum Gasteiger partial charge on any atom is -0.458 e. The molecule has 1 unspecified atom stereocenters. The van der Waals surface area contributed by atoms with Crippen molar-refractivity contribution in [3.8, 4) is 6.01 Å². The van der Waals surface area contributed by atoms with E-state index in [9.17, 15) is 4.79 Å². The maximum Gasteiger partial charge on any atom is 0.316 e. The molecular formula is C15H15ClN4O2. The summed E-state index contributed by atoms with van der Waals surface area (Å²) in [6, 6.07) is 3.72. The van der Waals surface area contributed by atoms with E-state index in [0.29, 0.717) is 17.1 Å². The molecule has 1 saturated heterocycles. The van der Waals surface area contributed by atoms with Gasteiger partial charge in [0.05, 0.1) is 24.0 Å². The number of piperidine rings is 1. The lowest BCUT2D eigenvalue weighted by atomic mass is 10.1. The van der Waals surface area contributed by atoms with Crippen LogP contribution in [0.1, 0.15) is 23.2 Å². The highest BCUT2D eigenvalue weighted by atomic mass is 35.5. The maximum atomic E-state index is 12.4. The normalized spacial score (nSPS) is 18.0. The van der Waals surface area contributed by atoms with E-state index in [2.05, 4.69) is 15.0 Å². The number of amides is 1. The predicted molar refractivity (Wildman–Crippen MR) is 80.8 cm³/mol. The van der Waals surface area contributed by atoms with Crippen LogP contribution in [0.4, 0.5) is 0 Å². The van der Waals surface area contributed by atoms with Crippen LogP contribution in [0.2, 0.25) is 5.02 Å². The molecule has 0 N–H and O–H groups in total. The molecule has 1 fully saturated rings. The number of halogens is 1. The smallest absolute Gasteiger partial charge is 0.316 e. The first-order valence-corrected chi connectivity index (χ1v) is 7.43. The Morgan fingerprint density at radius 1 is 1.27 bits per heavy atom. The molecule has 1 atom stereocenters. The Bertz CT molecular complexity index is 636. The number of carbonyl (C=O) groups is 1. The van der Waals surface area contributed by atoms with Crippen LogP contribution in [0.5, 0.6) is 6.01 Å². The highest BCUT2D eigenvalue weighted by Gasteiger charge is 2.26. The summed E-state index contributed by atoms with van der Waals surface area (Å²) in [7, 11) is 0. The molecule has 0 radical (unpaired) electrons. The van der Waals surface area contributed by atoms with Gasteiger partial charge in [0.2, 0.25) is 0 Å². The molecule has 1 aliphatic heterocycles. The number of hydrogen-bond donors (Lipinski definition) is 0. The van der Waals surface area contributed by atoms with Crippen molar-refractivity contribution >= 4 is 17.5 Å². The van der Waals surface area contributed by atoms with Crippen molar-refractivity contribution < 1.29 is 9.53 Å². The largest absolute Gasteiger partial charge is 0.458 e. The fourth-order valence-corrected chi connectivity index (χ4v) is 2.50. The average Bonchev–Trinajstić information content (AvgIpc) is 2.57. The first-order valence-electron chi connectivity index (χ1n) is 7.06. The highest BCUT2D eigenvalue weighted by molar-refractivity contribution is 6.30. The van der Waals surface area contributed by atoms with Crippen molar-refractivity contribution in [2.45, 2.75) is 18.9 Å². The number of ether oxygens (including phenoxy) is 1. The van der Waals surface area contributed by atoms with Gasteiger partial charge >= 0.3 is 6.01 Å². The molecule has 2 aromatic heterocycles. The lowest BCUT2D eigenvalue weighted by molar-refractivity contribution is 0.0515. The van der Waals surface area contributed by atoms with Gasteiger partial charge in [-0.2, -0.15) is 0 Å². The molecule has 3 rings (SSSR count). The Hall–Kier alpha value is -2.21. The van der Waals surface area contributed by atoms with Crippen molar-refractivity contribution in [2.75, 3.05) is 13.1 Å². The lowest BCUT2D eigenvalue weighted by Crippen LogP contribution is -2.44. The van der Waals surface area contributed by atoms with Crippen molar-refractivity contribution in [1.82, 2.24) is 19.9 Å². The second-order valence-electron chi connectivity index (χ2n) is 5.05. The summed E-state index contributed by atoms with van der Waals surface area (Å²) in [5.41, 5.74) is 0.637. The molecule has 22 heavy (non-hydrogen) atoms. The predicted octanol–water partition coefficient (Wildman–Crippen LogP) is 2.21. The van der Waals surface area contributed by atoms with Gasteiger partial charge in [-0.15, -0.1) is 0 Å². The molecule has 7 heteroatoms. The van der Waals surface area contributed by atoms with Crippen molar-refractivity contribution in [3.05, 3.63) is 47.5 Å². The van der Waals surface area contributed by atoms with E-state index < -0.39 is 0 Å². The summed E-state index contributed by atoms with van der Waals surface area (Å²) in [5.74, 6) is -0.00674. The van der Waals surface area contributed by atoms with Crippen LogP contribution in [0.15, 0.2) is 36.9 Å². The van der Waals surface area contributed by atoms with Gasteiger partial charge in [0, 0.05) is 24.5 Å². The zero-order valence-corrected chi connectivity index (χ0v) is 12.6. The van der Waals surface area contributed by atoms with Crippen LogP contribution in [-0.4, -0.2) is 45.0 Å². The van der Waals surface area contributed by atoms with E-state index in [-0.39, 0.29) is 18.0 Å². The maximum absolute atomic E-state index is 12.4. The van der Waals surface area contributed by atoms with Gasteiger partial charge in [0.25, 0.3) is 5.91 Å². The summed E-state index contributed by atoms with van der Waals surface area (Å²) in [5, 5.41) is 0.463. The Morgan fingerprint density at radius 2 is 2.00 bits per heavy atom. The number of pyridine rings is 1. The molecule has 114 valence electrons. The minimum atomic E-state index is -0.110. The molecule has 0 spiro atoms. The number of aromatic nitrogens is 3. The van der Waals surface area contributed by atoms with E-state index in [1.54, 1.807) is 29.4 Å². The Labute approximate surface area is 133 Å². The summed E-state index contributed by atoms with van der Waals surface area (Å²) in [4.78, 5) is 26.2. The average molecular weight is 319 g/mol. The molecule has 0 bridgehead atoms. The van der Waals surface area contributed by atoms with Gasteiger partial charge in [-0.1, -0.05) is 11.6 Å². The second-order valence-corrected chi connectivity index (χ2v) is 5.49. The van der Waals surface area contributed by atoms with Crippen LogP contribution >= 0.6 is 11.6 Å². The fraction of sp³-hybridized carbons (Fsp3) is 0.333. The van der Waals surface area contributed by atoms with Gasteiger partial charge in [0.1, 0.15) is 6.10 Å². The van der Waals surface area contributed by atoms with E-state index in [0.717, 1.165) is 19.4 Å². The minimum absolute atomic E-state index is 0.00674. The van der Waals surface area contributed by atoms with Gasteiger partial charge in [-0.25, -0.2) is 9.97 Å². The topological polar surface area (TPSA) is 68.2 Å². The third-order valence-electron chi connectivity index (χ3n) is 3.46. The number of likely N-dealkylation sites (tertiary alicyclic amines) is 1. The molecule has 1 aliphatic rings. The highest BCUT2D eigenvalue weighted by Crippen LogP contribution is 2.18. The number of rotatable bonds is 3. The zero-order chi connectivity index (χ0) is 15.4. The Morgan fingerprint density at radius 3 is 2.73 bits per heavy atom. The standard InChI is InChI=1S/C15H15ClN4O2/c16-12-8-18-15(19-9-12)22-13-2-1-7-20(10-13)14(21)11-3-5-17-6-4-11/h3-6,8-9,13H,1-2,7,10H2. The SMILES string of the molecule is O=C(c1ccncc1)N1CCCC(Oc2ncc(Cl)cn2)C1. The second kappa shape index (κ2) is 6.70. The molecule has 3 heterocycles. The van der Waals surface area contributed by atoms with Crippen LogP contribution in [0.3, 0.4) is 0 Å². The molecule has 1 amide bonds. The Balaban J connectivity index is 1.64. The third-order valence-corrected chi connectivity index (χ3v) is 3.66. The van der Waals surface area contributed by atoms with Crippen LogP contribution in [0.25, 0.3) is 0 Å². The van der Waals surface area contributed by atoms with Crippen molar-refractivity contribution in [2.24, 2.45) is 0 Å². The van der Waals surface area contributed by atoms with Gasteiger partial charge in [-0.3, -0.25) is 9.78 Å². The van der Waals surface area contributed by atoms with E-state index >= 15 is 0 Å². The van der Waals surface area contributed by atoms with E-state index in [1.807, 2.05) is 0 Å². The van der Waals surface area contributed by atoms with Gasteiger partial charge in [-0.05, 0) is 25.0 Å². The van der Waals surface area contributed by atoms with E-state index in [1.165, 1.54) is 12.4 Å². The van der Waals surface area contributed by atoms with Crippen LogP contribution < -0.4 is 4.74 Å². The summed E-state index contributed by atoms with van der Waals surface area (Å²) < 4.78 is 5.74. The quantitative estimate of drug-likeness (QED) is 0.868. The third kappa shape index (κ3) is 3.51. The first kappa shape index (κ1) is 14.7. The van der Waals surface area contributed by atoms with Crippen molar-refractivity contribution in [3.63, 3.8) is 0 Å².